The largest absolute Gasteiger partial charge is 0.494 e. The van der Waals surface area contributed by atoms with Crippen LogP contribution in [0.1, 0.15) is 60.7 Å². The van der Waals surface area contributed by atoms with E-state index in [1.54, 1.807) is 0 Å². The van der Waals surface area contributed by atoms with Gasteiger partial charge in [0.25, 0.3) is 0 Å². The molecule has 2 aromatic heterocycles. The molecule has 4 aromatic rings. The van der Waals surface area contributed by atoms with E-state index in [9.17, 15) is 0 Å². The molecule has 0 unspecified atom stereocenters. The molecule has 0 N–H and O–H groups in total. The van der Waals surface area contributed by atoms with Gasteiger partial charge in [-0.25, -0.2) is 0 Å². The SMILES string of the molecule is CCCCCCOc1ccc(/C=C/c2ccc(-c3ccc(/C=C/c4ccc(C#N)cc4)nc3)cn2)cc1. The predicted molar refractivity (Wildman–Crippen MR) is 153 cm³/mol. The number of nitriles is 1. The van der Waals surface area contributed by atoms with Crippen molar-refractivity contribution in [3.8, 4) is 22.9 Å². The molecule has 0 fully saturated rings. The van der Waals surface area contributed by atoms with E-state index in [2.05, 4.69) is 47.2 Å². The van der Waals surface area contributed by atoms with Gasteiger partial charge in [-0.2, -0.15) is 5.26 Å². The summed E-state index contributed by atoms with van der Waals surface area (Å²) in [5.41, 5.74) is 6.60. The van der Waals surface area contributed by atoms with Crippen LogP contribution in [0.15, 0.2) is 85.2 Å². The van der Waals surface area contributed by atoms with Crippen molar-refractivity contribution >= 4 is 24.3 Å². The second-order valence-electron chi connectivity index (χ2n) is 8.82. The lowest BCUT2D eigenvalue weighted by molar-refractivity contribution is 0.305. The number of benzene rings is 2. The summed E-state index contributed by atoms with van der Waals surface area (Å²) in [7, 11) is 0. The predicted octanol–water partition coefficient (Wildman–Crippen LogP) is 8.32. The van der Waals surface area contributed by atoms with Gasteiger partial charge < -0.3 is 4.74 Å². The van der Waals surface area contributed by atoms with E-state index in [4.69, 9.17) is 10.00 Å². The van der Waals surface area contributed by atoms with E-state index in [1.165, 1.54) is 19.3 Å². The lowest BCUT2D eigenvalue weighted by Gasteiger charge is -2.06. The Kier molecular flexibility index (Phi) is 9.38. The highest BCUT2D eigenvalue weighted by Gasteiger charge is 2.00. The van der Waals surface area contributed by atoms with Crippen molar-refractivity contribution in [1.82, 2.24) is 9.97 Å². The summed E-state index contributed by atoms with van der Waals surface area (Å²) < 4.78 is 5.82. The molecule has 0 aliphatic heterocycles. The Balaban J connectivity index is 1.30. The Morgan fingerprint density at radius 1 is 0.676 bits per heavy atom. The molecule has 0 saturated heterocycles. The Hall–Kier alpha value is -4.49. The molecule has 4 heteroatoms. The zero-order valence-corrected chi connectivity index (χ0v) is 21.2. The van der Waals surface area contributed by atoms with Gasteiger partial charge in [-0.15, -0.1) is 0 Å². The first kappa shape index (κ1) is 25.6. The number of hydrogen-bond donors (Lipinski definition) is 0. The first-order valence-electron chi connectivity index (χ1n) is 12.7. The van der Waals surface area contributed by atoms with Gasteiger partial charge in [-0.3, -0.25) is 9.97 Å². The molecule has 2 aromatic carbocycles. The number of aromatic nitrogens is 2. The van der Waals surface area contributed by atoms with E-state index < -0.39 is 0 Å². The van der Waals surface area contributed by atoms with Crippen molar-refractivity contribution in [3.05, 3.63) is 113 Å². The molecular weight excluding hydrogens is 454 g/mol. The highest BCUT2D eigenvalue weighted by Crippen LogP contribution is 2.20. The van der Waals surface area contributed by atoms with E-state index >= 15 is 0 Å². The van der Waals surface area contributed by atoms with Crippen LogP contribution in [-0.2, 0) is 0 Å². The fourth-order valence-electron chi connectivity index (χ4n) is 3.78. The maximum Gasteiger partial charge on any atom is 0.119 e. The van der Waals surface area contributed by atoms with Crippen molar-refractivity contribution in [3.63, 3.8) is 0 Å². The molecule has 184 valence electrons. The number of hydrogen-bond acceptors (Lipinski definition) is 4. The molecule has 0 amide bonds. The molecule has 0 radical (unpaired) electrons. The van der Waals surface area contributed by atoms with Crippen molar-refractivity contribution in [1.29, 1.82) is 5.26 Å². The second-order valence-corrected chi connectivity index (χ2v) is 8.82. The Morgan fingerprint density at radius 3 is 1.73 bits per heavy atom. The summed E-state index contributed by atoms with van der Waals surface area (Å²) in [5.74, 6) is 0.917. The number of pyridine rings is 2. The summed E-state index contributed by atoms with van der Waals surface area (Å²) in [6.45, 7) is 2.99. The zero-order valence-electron chi connectivity index (χ0n) is 21.2. The van der Waals surface area contributed by atoms with Crippen molar-refractivity contribution < 1.29 is 4.74 Å². The molecule has 0 saturated carbocycles. The molecule has 0 aliphatic carbocycles. The minimum absolute atomic E-state index is 0.655. The number of ether oxygens (including phenoxy) is 1. The smallest absolute Gasteiger partial charge is 0.119 e. The fraction of sp³-hybridized carbons (Fsp3) is 0.182. The molecule has 4 rings (SSSR count). The van der Waals surface area contributed by atoms with Gasteiger partial charge in [-0.05, 0) is 66.1 Å². The van der Waals surface area contributed by atoms with Gasteiger partial charge in [0.15, 0.2) is 0 Å². The molecule has 37 heavy (non-hydrogen) atoms. The summed E-state index contributed by atoms with van der Waals surface area (Å²) in [4.78, 5) is 9.14. The normalized spacial score (nSPS) is 11.1. The van der Waals surface area contributed by atoms with Crippen LogP contribution in [0.2, 0.25) is 0 Å². The fourth-order valence-corrected chi connectivity index (χ4v) is 3.78. The van der Waals surface area contributed by atoms with Gasteiger partial charge in [0.2, 0.25) is 0 Å². The summed E-state index contributed by atoms with van der Waals surface area (Å²) in [6.07, 6.45) is 16.6. The number of unbranched alkanes of at least 4 members (excludes halogenated alkanes) is 3. The van der Waals surface area contributed by atoms with Crippen molar-refractivity contribution in [2.75, 3.05) is 6.61 Å². The number of rotatable bonds is 11. The van der Waals surface area contributed by atoms with Gasteiger partial charge in [-0.1, -0.05) is 74.7 Å². The first-order valence-corrected chi connectivity index (χ1v) is 12.7. The maximum absolute atomic E-state index is 8.90. The monoisotopic (exact) mass is 485 g/mol. The van der Waals surface area contributed by atoms with Crippen LogP contribution >= 0.6 is 0 Å². The van der Waals surface area contributed by atoms with Gasteiger partial charge in [0.05, 0.1) is 29.6 Å². The average molecular weight is 486 g/mol. The van der Waals surface area contributed by atoms with Gasteiger partial charge in [0.1, 0.15) is 5.75 Å². The number of nitrogens with zero attached hydrogens (tertiary/aromatic N) is 3. The van der Waals surface area contributed by atoms with Crippen molar-refractivity contribution in [2.24, 2.45) is 0 Å². The molecule has 4 nitrogen and oxygen atoms in total. The summed E-state index contributed by atoms with van der Waals surface area (Å²) in [6, 6.07) is 25.9. The van der Waals surface area contributed by atoms with Crippen molar-refractivity contribution in [2.45, 2.75) is 32.6 Å². The van der Waals surface area contributed by atoms with E-state index in [0.29, 0.717) is 5.56 Å². The highest BCUT2D eigenvalue weighted by atomic mass is 16.5. The molecule has 0 aliphatic rings. The second kappa shape index (κ2) is 13.6. The molecule has 0 atom stereocenters. The third-order valence-corrected chi connectivity index (χ3v) is 5.99. The quantitative estimate of drug-likeness (QED) is 0.200. The molecule has 2 heterocycles. The third-order valence-electron chi connectivity index (χ3n) is 5.99. The highest BCUT2D eigenvalue weighted by molar-refractivity contribution is 5.71. The Labute approximate surface area is 219 Å². The molecule has 0 spiro atoms. The standard InChI is InChI=1S/C33H31N3O/c1-2-3-4-5-22-37-33-20-12-27(13-21-33)11-17-32-19-15-30(25-36-32)29-14-18-31(35-24-29)16-10-26-6-8-28(23-34)9-7-26/h6-21,24-25H,2-5,22H2,1H3/b16-10+,17-11+. The Bertz CT molecular complexity index is 1350. The van der Waals surface area contributed by atoms with Gasteiger partial charge in [0, 0.05) is 23.5 Å². The maximum atomic E-state index is 8.90. The lowest BCUT2D eigenvalue weighted by Crippen LogP contribution is -1.96. The van der Waals surface area contributed by atoms with Crippen LogP contribution in [0.5, 0.6) is 5.75 Å². The minimum Gasteiger partial charge on any atom is -0.494 e. The summed E-state index contributed by atoms with van der Waals surface area (Å²) >= 11 is 0. The van der Waals surface area contributed by atoms with Crippen LogP contribution < -0.4 is 4.74 Å². The van der Waals surface area contributed by atoms with E-state index in [-0.39, 0.29) is 0 Å². The lowest BCUT2D eigenvalue weighted by atomic mass is 10.1. The Morgan fingerprint density at radius 2 is 1.24 bits per heavy atom. The van der Waals surface area contributed by atoms with Crippen LogP contribution in [0.4, 0.5) is 0 Å². The zero-order chi connectivity index (χ0) is 25.7. The first-order chi connectivity index (χ1) is 18.2. The van der Waals surface area contributed by atoms with Gasteiger partial charge >= 0.3 is 0 Å². The van der Waals surface area contributed by atoms with E-state index in [0.717, 1.165) is 52.4 Å². The third kappa shape index (κ3) is 8.02. The van der Waals surface area contributed by atoms with Crippen LogP contribution in [0, 0.1) is 11.3 Å². The molecular formula is C33H31N3O. The van der Waals surface area contributed by atoms with Crippen LogP contribution in [0.25, 0.3) is 35.4 Å². The minimum atomic E-state index is 0.655. The molecule has 0 bridgehead atoms. The topological polar surface area (TPSA) is 58.8 Å². The summed E-state index contributed by atoms with van der Waals surface area (Å²) in [5, 5.41) is 8.90. The van der Waals surface area contributed by atoms with Crippen LogP contribution in [-0.4, -0.2) is 16.6 Å². The average Bonchev–Trinajstić information content (AvgIpc) is 2.96. The van der Waals surface area contributed by atoms with E-state index in [1.807, 2.05) is 85.2 Å². The van der Waals surface area contributed by atoms with Crippen LogP contribution in [0.3, 0.4) is 0 Å².